The van der Waals surface area contributed by atoms with Crippen LogP contribution in [0.4, 0.5) is 10.5 Å². The van der Waals surface area contributed by atoms with Crippen LogP contribution in [0.5, 0.6) is 0 Å². The molecule has 1 fully saturated rings. The third-order valence-corrected chi connectivity index (χ3v) is 4.51. The maximum absolute atomic E-state index is 12.3. The molecule has 5 nitrogen and oxygen atoms in total. The summed E-state index contributed by atoms with van der Waals surface area (Å²) in [5, 5.41) is 1.14. The van der Waals surface area contributed by atoms with Crippen LogP contribution in [-0.4, -0.2) is 47.3 Å². The lowest BCUT2D eigenvalue weighted by Gasteiger charge is -2.30. The third kappa shape index (κ3) is 4.03. The zero-order valence-electron chi connectivity index (χ0n) is 15.5. The molecule has 0 spiro atoms. The number of nitrogens with zero attached hydrogens (tertiary/aromatic N) is 3. The van der Waals surface area contributed by atoms with Gasteiger partial charge in [-0.05, 0) is 58.4 Å². The molecule has 1 aliphatic rings. The Labute approximate surface area is 149 Å². The molecule has 134 valence electrons. The second kappa shape index (κ2) is 6.90. The van der Waals surface area contributed by atoms with Gasteiger partial charge in [0.05, 0.1) is 5.52 Å². The van der Waals surface area contributed by atoms with E-state index in [0.717, 1.165) is 30.4 Å². The molecule has 1 atom stereocenters. The summed E-state index contributed by atoms with van der Waals surface area (Å²) in [5.41, 5.74) is 1.73. The molecule has 2 aromatic rings. The molecule has 5 heteroatoms. The fourth-order valence-corrected chi connectivity index (χ4v) is 3.38. The SMILES string of the molecule is CCN(c1ccc2ncccc2c1)C1CCN(C(=O)OC(C)(C)C)C1. The van der Waals surface area contributed by atoms with Crippen molar-refractivity contribution in [2.75, 3.05) is 24.5 Å². The Kier molecular flexibility index (Phi) is 4.84. The minimum absolute atomic E-state index is 0.214. The number of hydrogen-bond acceptors (Lipinski definition) is 4. The molecule has 0 radical (unpaired) electrons. The fraction of sp³-hybridized carbons (Fsp3) is 0.500. The van der Waals surface area contributed by atoms with Crippen LogP contribution >= 0.6 is 0 Å². The predicted octanol–water partition coefficient (Wildman–Crippen LogP) is 4.07. The van der Waals surface area contributed by atoms with Crippen molar-refractivity contribution in [1.29, 1.82) is 0 Å². The second-order valence-corrected chi connectivity index (χ2v) is 7.54. The van der Waals surface area contributed by atoms with E-state index in [1.807, 2.05) is 37.9 Å². The summed E-state index contributed by atoms with van der Waals surface area (Å²) in [6.45, 7) is 10.2. The van der Waals surface area contributed by atoms with Crippen molar-refractivity contribution in [2.24, 2.45) is 0 Å². The Hall–Kier alpha value is -2.30. The minimum atomic E-state index is -0.453. The van der Waals surface area contributed by atoms with Crippen LogP contribution in [0.15, 0.2) is 36.5 Å². The van der Waals surface area contributed by atoms with Crippen molar-refractivity contribution in [3.8, 4) is 0 Å². The van der Waals surface area contributed by atoms with Crippen LogP contribution in [0.1, 0.15) is 34.1 Å². The van der Waals surface area contributed by atoms with Gasteiger partial charge in [-0.25, -0.2) is 4.79 Å². The van der Waals surface area contributed by atoms with E-state index in [1.54, 1.807) is 0 Å². The van der Waals surface area contributed by atoms with Crippen molar-refractivity contribution >= 4 is 22.7 Å². The third-order valence-electron chi connectivity index (χ3n) is 4.51. The van der Waals surface area contributed by atoms with Crippen molar-refractivity contribution in [1.82, 2.24) is 9.88 Å². The number of hydrogen-bond donors (Lipinski definition) is 0. The molecule has 0 aliphatic carbocycles. The number of likely N-dealkylation sites (N-methyl/N-ethyl adjacent to an activating group) is 1. The number of fused-ring (bicyclic) bond motifs is 1. The van der Waals surface area contributed by atoms with Gasteiger partial charge in [-0.15, -0.1) is 0 Å². The molecule has 3 rings (SSSR count). The molecule has 1 aromatic heterocycles. The number of amides is 1. The fourth-order valence-electron chi connectivity index (χ4n) is 3.38. The van der Waals surface area contributed by atoms with Gasteiger partial charge in [-0.1, -0.05) is 6.07 Å². The molecule has 0 saturated carbocycles. The Morgan fingerprint density at radius 1 is 1.36 bits per heavy atom. The molecule has 2 heterocycles. The number of carbonyl (C=O) groups excluding carboxylic acids is 1. The molecule has 0 bridgehead atoms. The Morgan fingerprint density at radius 2 is 2.16 bits per heavy atom. The van der Waals surface area contributed by atoms with Gasteiger partial charge in [0.1, 0.15) is 5.60 Å². The van der Waals surface area contributed by atoms with Gasteiger partial charge >= 0.3 is 6.09 Å². The average molecular weight is 341 g/mol. The van der Waals surface area contributed by atoms with Gasteiger partial charge < -0.3 is 14.5 Å². The number of rotatable bonds is 3. The number of pyridine rings is 1. The standard InChI is InChI=1S/C20H27N3O2/c1-5-23(16-8-9-18-15(13-16)7-6-11-21-18)17-10-12-22(14-17)19(24)25-20(2,3)4/h6-9,11,13,17H,5,10,12,14H2,1-4H3. The van der Waals surface area contributed by atoms with Gasteiger partial charge in [0, 0.05) is 42.9 Å². The minimum Gasteiger partial charge on any atom is -0.444 e. The lowest BCUT2D eigenvalue weighted by molar-refractivity contribution is 0.0292. The van der Waals surface area contributed by atoms with E-state index in [2.05, 4.69) is 41.1 Å². The highest BCUT2D eigenvalue weighted by Crippen LogP contribution is 2.26. The van der Waals surface area contributed by atoms with Gasteiger partial charge in [-0.2, -0.15) is 0 Å². The van der Waals surface area contributed by atoms with E-state index in [4.69, 9.17) is 4.74 Å². The number of ether oxygens (including phenoxy) is 1. The largest absolute Gasteiger partial charge is 0.444 e. The first-order valence-electron chi connectivity index (χ1n) is 8.97. The van der Waals surface area contributed by atoms with Crippen LogP contribution in [0.25, 0.3) is 10.9 Å². The first kappa shape index (κ1) is 17.5. The summed E-state index contributed by atoms with van der Waals surface area (Å²) in [5.74, 6) is 0. The summed E-state index contributed by atoms with van der Waals surface area (Å²) in [4.78, 5) is 20.9. The highest BCUT2D eigenvalue weighted by atomic mass is 16.6. The van der Waals surface area contributed by atoms with Crippen LogP contribution in [0, 0.1) is 0 Å². The summed E-state index contributed by atoms with van der Waals surface area (Å²) in [6.07, 6.45) is 2.56. The lowest BCUT2D eigenvalue weighted by Crippen LogP contribution is -2.40. The zero-order valence-corrected chi connectivity index (χ0v) is 15.5. The van der Waals surface area contributed by atoms with Crippen LogP contribution in [0.3, 0.4) is 0 Å². The second-order valence-electron chi connectivity index (χ2n) is 7.54. The van der Waals surface area contributed by atoms with Crippen molar-refractivity contribution in [3.63, 3.8) is 0 Å². The molecular weight excluding hydrogens is 314 g/mol. The highest BCUT2D eigenvalue weighted by Gasteiger charge is 2.32. The van der Waals surface area contributed by atoms with E-state index >= 15 is 0 Å². The maximum Gasteiger partial charge on any atom is 0.410 e. The number of likely N-dealkylation sites (tertiary alicyclic amines) is 1. The molecule has 25 heavy (non-hydrogen) atoms. The van der Waals surface area contributed by atoms with E-state index in [0.29, 0.717) is 12.6 Å². The van der Waals surface area contributed by atoms with Crippen molar-refractivity contribution in [2.45, 2.75) is 45.8 Å². The van der Waals surface area contributed by atoms with Gasteiger partial charge in [0.25, 0.3) is 0 Å². The smallest absolute Gasteiger partial charge is 0.410 e. The Balaban J connectivity index is 1.74. The topological polar surface area (TPSA) is 45.7 Å². The monoisotopic (exact) mass is 341 g/mol. The van der Waals surface area contributed by atoms with Gasteiger partial charge in [0.15, 0.2) is 0 Å². The summed E-state index contributed by atoms with van der Waals surface area (Å²) >= 11 is 0. The highest BCUT2D eigenvalue weighted by molar-refractivity contribution is 5.82. The van der Waals surface area contributed by atoms with Crippen LogP contribution in [0.2, 0.25) is 0 Å². The summed E-state index contributed by atoms with van der Waals surface area (Å²) in [6, 6.07) is 10.7. The lowest BCUT2D eigenvalue weighted by atomic mass is 10.1. The molecular formula is C20H27N3O2. The van der Waals surface area contributed by atoms with Crippen molar-refractivity contribution < 1.29 is 9.53 Å². The van der Waals surface area contributed by atoms with E-state index in [-0.39, 0.29) is 6.09 Å². The number of aromatic nitrogens is 1. The molecule has 1 aromatic carbocycles. The first-order valence-corrected chi connectivity index (χ1v) is 8.97. The quantitative estimate of drug-likeness (QED) is 0.844. The number of benzene rings is 1. The molecule has 1 aliphatic heterocycles. The number of carbonyl (C=O) groups is 1. The van der Waals surface area contributed by atoms with E-state index < -0.39 is 5.60 Å². The predicted molar refractivity (Wildman–Crippen MR) is 101 cm³/mol. The molecule has 1 amide bonds. The Bertz CT molecular complexity index is 754. The summed E-state index contributed by atoms with van der Waals surface area (Å²) in [7, 11) is 0. The Morgan fingerprint density at radius 3 is 2.88 bits per heavy atom. The van der Waals surface area contributed by atoms with Gasteiger partial charge in [0.2, 0.25) is 0 Å². The normalized spacial score (nSPS) is 17.8. The molecule has 1 saturated heterocycles. The molecule has 1 unspecified atom stereocenters. The van der Waals surface area contributed by atoms with E-state index in [1.165, 1.54) is 5.69 Å². The zero-order chi connectivity index (χ0) is 18.0. The van der Waals surface area contributed by atoms with Crippen LogP contribution < -0.4 is 4.90 Å². The summed E-state index contributed by atoms with van der Waals surface area (Å²) < 4.78 is 5.51. The van der Waals surface area contributed by atoms with E-state index in [9.17, 15) is 4.79 Å². The first-order chi connectivity index (χ1) is 11.9. The van der Waals surface area contributed by atoms with Gasteiger partial charge in [-0.3, -0.25) is 4.98 Å². The number of anilines is 1. The maximum atomic E-state index is 12.3. The average Bonchev–Trinajstić information content (AvgIpc) is 3.04. The van der Waals surface area contributed by atoms with Crippen LogP contribution in [-0.2, 0) is 4.74 Å². The molecule has 0 N–H and O–H groups in total. The van der Waals surface area contributed by atoms with Crippen molar-refractivity contribution in [3.05, 3.63) is 36.5 Å².